The van der Waals surface area contributed by atoms with Crippen LogP contribution in [-0.2, 0) is 4.74 Å². The summed E-state index contributed by atoms with van der Waals surface area (Å²) in [6, 6.07) is 7.37. The van der Waals surface area contributed by atoms with Gasteiger partial charge in [-0.2, -0.15) is 0 Å². The Morgan fingerprint density at radius 3 is 2.75 bits per heavy atom. The van der Waals surface area contributed by atoms with E-state index in [2.05, 4.69) is 10.2 Å². The smallest absolute Gasteiger partial charge is 0.338 e. The minimum Gasteiger partial charge on any atom is -0.462 e. The van der Waals surface area contributed by atoms with Gasteiger partial charge in [0.2, 0.25) is 0 Å². The number of nitrogens with one attached hydrogen (secondary N) is 1. The van der Waals surface area contributed by atoms with Crippen LogP contribution in [0, 0.1) is 0 Å². The molecule has 0 atom stereocenters. The fourth-order valence-electron chi connectivity index (χ4n) is 1.53. The van der Waals surface area contributed by atoms with Crippen molar-refractivity contribution in [1.29, 1.82) is 0 Å². The van der Waals surface area contributed by atoms with E-state index in [9.17, 15) is 4.79 Å². The summed E-state index contributed by atoms with van der Waals surface area (Å²) in [6.45, 7) is 2.96. The minimum atomic E-state index is -0.274. The van der Waals surface area contributed by atoms with Crippen molar-refractivity contribution in [1.82, 2.24) is 5.32 Å². The van der Waals surface area contributed by atoms with Crippen molar-refractivity contribution < 1.29 is 9.53 Å². The van der Waals surface area contributed by atoms with Gasteiger partial charge in [-0.25, -0.2) is 4.79 Å². The lowest BCUT2D eigenvalue weighted by Gasteiger charge is -2.14. The average Bonchev–Trinajstić information content (AvgIpc) is 2.83. The fourth-order valence-corrected chi connectivity index (χ4v) is 1.53. The second-order valence-electron chi connectivity index (χ2n) is 3.42. The van der Waals surface area contributed by atoms with Crippen LogP contribution >= 0.6 is 0 Å². The van der Waals surface area contributed by atoms with Crippen LogP contribution in [0.2, 0.25) is 0 Å². The first-order chi connectivity index (χ1) is 7.81. The number of anilines is 1. The monoisotopic (exact) mass is 218 g/mol. The van der Waals surface area contributed by atoms with E-state index in [1.165, 1.54) is 0 Å². The van der Waals surface area contributed by atoms with E-state index in [-0.39, 0.29) is 5.97 Å². The molecule has 4 nitrogen and oxygen atoms in total. The molecule has 0 unspecified atom stereocenters. The average molecular weight is 218 g/mol. The zero-order chi connectivity index (χ0) is 11.4. The maximum Gasteiger partial charge on any atom is 0.338 e. The Hall–Kier alpha value is -1.97. The molecule has 2 rings (SSSR count). The summed E-state index contributed by atoms with van der Waals surface area (Å²) < 4.78 is 4.91. The van der Waals surface area contributed by atoms with Gasteiger partial charge in [0.05, 0.1) is 18.8 Å². The van der Waals surface area contributed by atoms with Crippen LogP contribution in [0.4, 0.5) is 5.69 Å². The molecule has 4 heteroatoms. The quantitative estimate of drug-likeness (QED) is 0.784. The van der Waals surface area contributed by atoms with Gasteiger partial charge < -0.3 is 15.0 Å². The lowest BCUT2D eigenvalue weighted by Crippen LogP contribution is -2.19. The first-order valence-corrected chi connectivity index (χ1v) is 5.25. The lowest BCUT2D eigenvalue weighted by molar-refractivity contribution is 0.0526. The number of carbonyl (C=O) groups excluding carboxylic acids is 1. The number of hydrogen-bond acceptors (Lipinski definition) is 4. The number of carbonyl (C=O) groups is 1. The Morgan fingerprint density at radius 1 is 1.44 bits per heavy atom. The van der Waals surface area contributed by atoms with Crippen molar-refractivity contribution >= 4 is 11.7 Å². The van der Waals surface area contributed by atoms with E-state index in [1.807, 2.05) is 24.5 Å². The summed E-state index contributed by atoms with van der Waals surface area (Å²) in [4.78, 5) is 13.5. The van der Waals surface area contributed by atoms with Crippen LogP contribution in [0.15, 0.2) is 36.7 Å². The highest BCUT2D eigenvalue weighted by Crippen LogP contribution is 2.17. The van der Waals surface area contributed by atoms with Gasteiger partial charge in [-0.15, -0.1) is 0 Å². The summed E-state index contributed by atoms with van der Waals surface area (Å²) >= 11 is 0. The van der Waals surface area contributed by atoms with Crippen molar-refractivity contribution in [2.45, 2.75) is 6.92 Å². The molecule has 1 heterocycles. The number of hydrogen-bond donors (Lipinski definition) is 1. The third kappa shape index (κ3) is 2.16. The van der Waals surface area contributed by atoms with Crippen LogP contribution in [0.5, 0.6) is 0 Å². The highest BCUT2D eigenvalue weighted by molar-refractivity contribution is 5.89. The van der Waals surface area contributed by atoms with E-state index in [0.717, 1.165) is 12.4 Å². The molecule has 0 aliphatic carbocycles. The highest BCUT2D eigenvalue weighted by Gasteiger charge is 2.09. The zero-order valence-corrected chi connectivity index (χ0v) is 9.14. The number of rotatable bonds is 3. The minimum absolute atomic E-state index is 0.274. The van der Waals surface area contributed by atoms with Gasteiger partial charge in [-0.1, -0.05) is 0 Å². The van der Waals surface area contributed by atoms with Gasteiger partial charge in [-0.3, -0.25) is 0 Å². The molecule has 84 valence electrons. The lowest BCUT2D eigenvalue weighted by atomic mass is 10.2. The molecule has 1 aliphatic heterocycles. The van der Waals surface area contributed by atoms with Gasteiger partial charge in [0.25, 0.3) is 0 Å². The van der Waals surface area contributed by atoms with Crippen molar-refractivity contribution in [3.8, 4) is 0 Å². The van der Waals surface area contributed by atoms with Crippen molar-refractivity contribution in [3.05, 3.63) is 42.2 Å². The van der Waals surface area contributed by atoms with E-state index < -0.39 is 0 Å². The molecule has 0 aromatic heterocycles. The molecule has 16 heavy (non-hydrogen) atoms. The van der Waals surface area contributed by atoms with E-state index in [0.29, 0.717) is 12.2 Å². The summed E-state index contributed by atoms with van der Waals surface area (Å²) in [5.41, 5.74) is 1.64. The van der Waals surface area contributed by atoms with Gasteiger partial charge in [-0.05, 0) is 31.2 Å². The standard InChI is InChI=1S/C12H14N2O2/c1-2-16-12(15)10-3-5-11(6-4-10)14-8-7-13-9-14/h3-8,13H,2,9H2,1H3. The molecule has 1 N–H and O–H groups in total. The zero-order valence-electron chi connectivity index (χ0n) is 9.14. The molecular formula is C12H14N2O2. The topological polar surface area (TPSA) is 41.6 Å². The molecule has 1 aliphatic rings. The van der Waals surface area contributed by atoms with Gasteiger partial charge in [0, 0.05) is 18.1 Å². The predicted octanol–water partition coefficient (Wildman–Crippen LogP) is 1.70. The molecule has 0 fully saturated rings. The van der Waals surface area contributed by atoms with Crippen LogP contribution in [0.1, 0.15) is 17.3 Å². The van der Waals surface area contributed by atoms with Gasteiger partial charge in [0.15, 0.2) is 0 Å². The Labute approximate surface area is 94.5 Å². The summed E-state index contributed by atoms with van der Waals surface area (Å²) in [7, 11) is 0. The molecule has 0 radical (unpaired) electrons. The summed E-state index contributed by atoms with van der Waals surface area (Å²) in [5.74, 6) is -0.274. The molecule has 0 amide bonds. The van der Waals surface area contributed by atoms with Gasteiger partial charge >= 0.3 is 5.97 Å². The Morgan fingerprint density at radius 2 is 2.19 bits per heavy atom. The molecular weight excluding hydrogens is 204 g/mol. The highest BCUT2D eigenvalue weighted by atomic mass is 16.5. The number of nitrogens with zero attached hydrogens (tertiary/aromatic N) is 1. The van der Waals surface area contributed by atoms with Crippen LogP contribution in [0.25, 0.3) is 0 Å². The summed E-state index contributed by atoms with van der Waals surface area (Å²) in [6.07, 6.45) is 3.85. The normalized spacial score (nSPS) is 13.7. The predicted molar refractivity (Wildman–Crippen MR) is 62.0 cm³/mol. The number of esters is 1. The van der Waals surface area contributed by atoms with Gasteiger partial charge in [0.1, 0.15) is 0 Å². The molecule has 0 bridgehead atoms. The molecule has 1 aromatic carbocycles. The Bertz CT molecular complexity index is 398. The van der Waals surface area contributed by atoms with Crippen molar-refractivity contribution in [2.24, 2.45) is 0 Å². The maximum absolute atomic E-state index is 11.4. The Kier molecular flexibility index (Phi) is 3.10. The molecule has 0 spiro atoms. The fraction of sp³-hybridized carbons (Fsp3) is 0.250. The van der Waals surface area contributed by atoms with Crippen LogP contribution < -0.4 is 10.2 Å². The third-order valence-electron chi connectivity index (χ3n) is 2.34. The van der Waals surface area contributed by atoms with Crippen LogP contribution in [0.3, 0.4) is 0 Å². The largest absolute Gasteiger partial charge is 0.462 e. The SMILES string of the molecule is CCOC(=O)c1ccc(N2C=CNC2)cc1. The molecule has 0 saturated carbocycles. The van der Waals surface area contributed by atoms with Crippen molar-refractivity contribution in [3.63, 3.8) is 0 Å². The molecule has 0 saturated heterocycles. The molecule has 1 aromatic rings. The van der Waals surface area contributed by atoms with Crippen molar-refractivity contribution in [2.75, 3.05) is 18.2 Å². The van der Waals surface area contributed by atoms with Crippen LogP contribution in [-0.4, -0.2) is 19.2 Å². The second-order valence-corrected chi connectivity index (χ2v) is 3.42. The Balaban J connectivity index is 2.09. The summed E-state index contributed by atoms with van der Waals surface area (Å²) in [5, 5.41) is 3.08. The van der Waals surface area contributed by atoms with E-state index >= 15 is 0 Å². The first kappa shape index (κ1) is 10.5. The second kappa shape index (κ2) is 4.70. The van der Waals surface area contributed by atoms with E-state index in [4.69, 9.17) is 4.74 Å². The van der Waals surface area contributed by atoms with E-state index in [1.54, 1.807) is 19.1 Å². The number of benzene rings is 1. The number of ether oxygens (including phenoxy) is 1. The first-order valence-electron chi connectivity index (χ1n) is 5.25. The third-order valence-corrected chi connectivity index (χ3v) is 2.34. The maximum atomic E-state index is 11.4.